The van der Waals surface area contributed by atoms with Crippen molar-refractivity contribution in [3.05, 3.63) is 0 Å². The summed E-state index contributed by atoms with van der Waals surface area (Å²) in [6, 6.07) is 0. The minimum absolute atomic E-state index is 0.601. The lowest BCUT2D eigenvalue weighted by molar-refractivity contribution is 0.270. The molecule has 0 aromatic rings. The highest BCUT2D eigenvalue weighted by atomic mass is 79.9. The molecule has 0 radical (unpaired) electrons. The van der Waals surface area contributed by atoms with Gasteiger partial charge in [0.15, 0.2) is 0 Å². The molecule has 0 aromatic heterocycles. The Bertz CT molecular complexity index is 138. The smallest absolute Gasteiger partial charge is 0.00879 e. The van der Waals surface area contributed by atoms with Crippen LogP contribution in [0.25, 0.3) is 0 Å². The maximum Gasteiger partial charge on any atom is 0.00879 e. The Kier molecular flexibility index (Phi) is 3.63. The van der Waals surface area contributed by atoms with Gasteiger partial charge in [-0.05, 0) is 36.5 Å². The van der Waals surface area contributed by atoms with Gasteiger partial charge >= 0.3 is 0 Å². The second-order valence-corrected chi connectivity index (χ2v) is 5.56. The van der Waals surface area contributed by atoms with Gasteiger partial charge in [-0.15, -0.1) is 0 Å². The largest absolute Gasteiger partial charge is 0.0922 e. The minimum atomic E-state index is 0.601. The molecule has 1 fully saturated rings. The lowest BCUT2D eigenvalue weighted by Crippen LogP contribution is -2.21. The summed E-state index contributed by atoms with van der Waals surface area (Å²) in [5, 5.41) is 1.19. The van der Waals surface area contributed by atoms with Gasteiger partial charge in [0.2, 0.25) is 0 Å². The summed E-state index contributed by atoms with van der Waals surface area (Å²) < 4.78 is 0. The van der Waals surface area contributed by atoms with Crippen LogP contribution in [0.3, 0.4) is 0 Å². The summed E-state index contributed by atoms with van der Waals surface area (Å²) in [4.78, 5) is 0. The van der Waals surface area contributed by atoms with Gasteiger partial charge in [-0.25, -0.2) is 0 Å². The molecule has 0 nitrogen and oxygen atoms in total. The van der Waals surface area contributed by atoms with E-state index in [0.717, 1.165) is 11.8 Å². The van der Waals surface area contributed by atoms with Crippen LogP contribution < -0.4 is 0 Å². The number of halogens is 1. The van der Waals surface area contributed by atoms with Gasteiger partial charge in [0.1, 0.15) is 0 Å². The number of hydrogen-bond donors (Lipinski definition) is 0. The van der Waals surface area contributed by atoms with E-state index in [0.29, 0.717) is 5.41 Å². The van der Waals surface area contributed by atoms with Crippen molar-refractivity contribution in [3.63, 3.8) is 0 Å². The zero-order valence-corrected chi connectivity index (χ0v) is 10.2. The predicted molar refractivity (Wildman–Crippen MR) is 58.7 cm³/mol. The molecule has 0 bridgehead atoms. The molecule has 0 N–H and O–H groups in total. The van der Waals surface area contributed by atoms with Crippen molar-refractivity contribution in [2.45, 2.75) is 46.5 Å². The van der Waals surface area contributed by atoms with Gasteiger partial charge in [-0.2, -0.15) is 0 Å². The first-order valence-corrected chi connectivity index (χ1v) is 6.26. The average molecular weight is 233 g/mol. The van der Waals surface area contributed by atoms with E-state index in [-0.39, 0.29) is 0 Å². The molecule has 1 saturated carbocycles. The summed E-state index contributed by atoms with van der Waals surface area (Å²) in [6.07, 6.45) is 5.74. The van der Waals surface area contributed by atoms with E-state index in [1.54, 1.807) is 0 Å². The molecule has 72 valence electrons. The molecule has 1 atom stereocenters. The zero-order valence-electron chi connectivity index (χ0n) is 8.57. The lowest BCUT2D eigenvalue weighted by atomic mass is 9.81. The standard InChI is InChI=1S/C11H21Br/c1-9(2)6-7-11(3,8-12)10-4-5-10/h9-10H,4-8H2,1-3H3. The summed E-state index contributed by atoms with van der Waals surface area (Å²) in [7, 11) is 0. The average Bonchev–Trinajstić information content (AvgIpc) is 2.82. The van der Waals surface area contributed by atoms with E-state index >= 15 is 0 Å². The van der Waals surface area contributed by atoms with Gasteiger partial charge in [-0.3, -0.25) is 0 Å². The second kappa shape index (κ2) is 4.13. The van der Waals surface area contributed by atoms with Gasteiger partial charge in [-0.1, -0.05) is 43.1 Å². The third-order valence-corrected chi connectivity index (χ3v) is 4.44. The molecule has 0 spiro atoms. The van der Waals surface area contributed by atoms with Crippen LogP contribution in [0.4, 0.5) is 0 Å². The maximum atomic E-state index is 3.66. The topological polar surface area (TPSA) is 0 Å². The van der Waals surface area contributed by atoms with Crippen molar-refractivity contribution in [1.82, 2.24) is 0 Å². The number of hydrogen-bond acceptors (Lipinski definition) is 0. The van der Waals surface area contributed by atoms with Crippen LogP contribution in [0.15, 0.2) is 0 Å². The number of alkyl halides is 1. The van der Waals surface area contributed by atoms with Crippen molar-refractivity contribution < 1.29 is 0 Å². The fourth-order valence-corrected chi connectivity index (χ4v) is 2.52. The highest BCUT2D eigenvalue weighted by molar-refractivity contribution is 9.09. The first-order valence-electron chi connectivity index (χ1n) is 5.14. The quantitative estimate of drug-likeness (QED) is 0.623. The lowest BCUT2D eigenvalue weighted by Gasteiger charge is -2.28. The molecule has 1 aliphatic carbocycles. The molecule has 1 rings (SSSR count). The fourth-order valence-electron chi connectivity index (χ4n) is 1.78. The maximum absolute atomic E-state index is 3.66. The molecule has 0 saturated heterocycles. The Morgan fingerprint density at radius 3 is 2.33 bits per heavy atom. The van der Waals surface area contributed by atoms with E-state index in [4.69, 9.17) is 0 Å². The molecule has 12 heavy (non-hydrogen) atoms. The van der Waals surface area contributed by atoms with Crippen molar-refractivity contribution in [3.8, 4) is 0 Å². The molecule has 1 aliphatic rings. The zero-order chi connectivity index (χ0) is 9.19. The Labute approximate surface area is 85.3 Å². The van der Waals surface area contributed by atoms with Crippen molar-refractivity contribution in [2.24, 2.45) is 17.3 Å². The molecule has 0 amide bonds. The third-order valence-electron chi connectivity index (χ3n) is 3.16. The Hall–Kier alpha value is 0.480. The van der Waals surface area contributed by atoms with Crippen LogP contribution in [0.5, 0.6) is 0 Å². The molecular formula is C11H21Br. The van der Waals surface area contributed by atoms with Gasteiger partial charge in [0, 0.05) is 5.33 Å². The molecular weight excluding hydrogens is 212 g/mol. The van der Waals surface area contributed by atoms with Crippen LogP contribution in [-0.4, -0.2) is 5.33 Å². The van der Waals surface area contributed by atoms with E-state index in [9.17, 15) is 0 Å². The second-order valence-electron chi connectivity index (χ2n) is 4.99. The highest BCUT2D eigenvalue weighted by Gasteiger charge is 2.39. The Morgan fingerprint density at radius 1 is 1.42 bits per heavy atom. The molecule has 0 aromatic carbocycles. The van der Waals surface area contributed by atoms with Crippen molar-refractivity contribution in [1.29, 1.82) is 0 Å². The molecule has 1 unspecified atom stereocenters. The number of rotatable bonds is 5. The van der Waals surface area contributed by atoms with E-state index < -0.39 is 0 Å². The molecule has 1 heteroatoms. The van der Waals surface area contributed by atoms with E-state index in [1.807, 2.05) is 0 Å². The van der Waals surface area contributed by atoms with Crippen LogP contribution in [0.2, 0.25) is 0 Å². The summed E-state index contributed by atoms with van der Waals surface area (Å²) >= 11 is 3.66. The Morgan fingerprint density at radius 2 is 2.00 bits per heavy atom. The first-order chi connectivity index (χ1) is 5.58. The normalized spacial score (nSPS) is 22.8. The summed E-state index contributed by atoms with van der Waals surface area (Å²) in [6.45, 7) is 7.09. The molecule has 0 heterocycles. The van der Waals surface area contributed by atoms with Crippen LogP contribution in [-0.2, 0) is 0 Å². The molecule has 0 aliphatic heterocycles. The predicted octanol–water partition coefficient (Wildman–Crippen LogP) is 4.23. The third kappa shape index (κ3) is 2.76. The first kappa shape index (κ1) is 10.6. The van der Waals surface area contributed by atoms with Crippen molar-refractivity contribution in [2.75, 3.05) is 5.33 Å². The Balaban J connectivity index is 2.33. The highest BCUT2D eigenvalue weighted by Crippen LogP contribution is 2.49. The van der Waals surface area contributed by atoms with Crippen molar-refractivity contribution >= 4 is 15.9 Å². The van der Waals surface area contributed by atoms with Crippen LogP contribution in [0.1, 0.15) is 46.5 Å². The SMILES string of the molecule is CC(C)CCC(C)(CBr)C1CC1. The van der Waals surface area contributed by atoms with Crippen LogP contribution in [0, 0.1) is 17.3 Å². The van der Waals surface area contributed by atoms with Crippen LogP contribution >= 0.6 is 15.9 Å². The van der Waals surface area contributed by atoms with E-state index in [2.05, 4.69) is 36.7 Å². The fraction of sp³-hybridized carbons (Fsp3) is 1.00. The minimum Gasteiger partial charge on any atom is -0.0922 e. The van der Waals surface area contributed by atoms with Gasteiger partial charge in [0.25, 0.3) is 0 Å². The van der Waals surface area contributed by atoms with Gasteiger partial charge < -0.3 is 0 Å². The van der Waals surface area contributed by atoms with E-state index in [1.165, 1.54) is 31.0 Å². The van der Waals surface area contributed by atoms with Gasteiger partial charge in [0.05, 0.1) is 0 Å². The summed E-state index contributed by atoms with van der Waals surface area (Å²) in [5.41, 5.74) is 0.601. The monoisotopic (exact) mass is 232 g/mol. The summed E-state index contributed by atoms with van der Waals surface area (Å²) in [5.74, 6) is 1.89.